The molecule has 1 heterocycles. The summed E-state index contributed by atoms with van der Waals surface area (Å²) < 4.78 is 5.58. The van der Waals surface area contributed by atoms with E-state index in [0.717, 1.165) is 12.8 Å². The summed E-state index contributed by atoms with van der Waals surface area (Å²) in [6.07, 6.45) is 6.91. The van der Waals surface area contributed by atoms with Gasteiger partial charge in [-0.3, -0.25) is 9.78 Å². The van der Waals surface area contributed by atoms with Gasteiger partial charge < -0.3 is 15.8 Å². The van der Waals surface area contributed by atoms with E-state index in [0.29, 0.717) is 29.7 Å². The van der Waals surface area contributed by atoms with Gasteiger partial charge in [0.2, 0.25) is 5.88 Å². The zero-order chi connectivity index (χ0) is 15.4. The molecule has 0 bridgehead atoms. The second kappa shape index (κ2) is 9.42. The molecule has 8 heteroatoms. The maximum absolute atomic E-state index is 12.3. The summed E-state index contributed by atoms with van der Waals surface area (Å²) in [4.78, 5) is 20.3. The number of carbonyl (C=O) groups excluding carboxylic acids is 1. The van der Waals surface area contributed by atoms with E-state index in [2.05, 4.69) is 15.3 Å². The van der Waals surface area contributed by atoms with Gasteiger partial charge in [0, 0.05) is 30.5 Å². The van der Waals surface area contributed by atoms with Crippen LogP contribution in [0.4, 0.5) is 0 Å². The van der Waals surface area contributed by atoms with E-state index in [1.807, 2.05) is 0 Å². The Kier molecular flexibility index (Phi) is 7.91. The minimum Gasteiger partial charge on any atom is -0.437 e. The molecule has 130 valence electrons. The van der Waals surface area contributed by atoms with E-state index in [1.54, 1.807) is 36.7 Å². The highest BCUT2D eigenvalue weighted by molar-refractivity contribution is 5.94. The summed E-state index contributed by atoms with van der Waals surface area (Å²) in [6, 6.07) is 7.03. The largest absolute Gasteiger partial charge is 0.437 e. The van der Waals surface area contributed by atoms with Gasteiger partial charge in [-0.25, -0.2) is 4.98 Å². The molecule has 0 spiro atoms. The van der Waals surface area contributed by atoms with Crippen LogP contribution in [0.3, 0.4) is 0 Å². The average molecular weight is 371 g/mol. The van der Waals surface area contributed by atoms with Gasteiger partial charge in [-0.05, 0) is 37.0 Å². The molecule has 1 aromatic heterocycles. The Balaban J connectivity index is 0.00000144. The molecule has 1 atom stereocenters. The first-order chi connectivity index (χ1) is 10.8. The van der Waals surface area contributed by atoms with Crippen LogP contribution >= 0.6 is 24.8 Å². The third-order valence-electron chi connectivity index (χ3n) is 3.62. The van der Waals surface area contributed by atoms with Crippen molar-refractivity contribution in [1.29, 1.82) is 0 Å². The molecule has 0 saturated heterocycles. The Morgan fingerprint density at radius 1 is 1.33 bits per heavy atom. The van der Waals surface area contributed by atoms with Gasteiger partial charge >= 0.3 is 0 Å². The third-order valence-corrected chi connectivity index (χ3v) is 3.62. The lowest BCUT2D eigenvalue weighted by Gasteiger charge is -2.16. The second-order valence-electron chi connectivity index (χ2n) is 5.33. The first kappa shape index (κ1) is 20.2. The summed E-state index contributed by atoms with van der Waals surface area (Å²) >= 11 is 0. The molecule has 6 nitrogen and oxygen atoms in total. The Morgan fingerprint density at radius 3 is 2.75 bits per heavy atom. The molecule has 1 fully saturated rings. The van der Waals surface area contributed by atoms with Crippen molar-refractivity contribution >= 4 is 30.7 Å². The molecule has 1 aliphatic rings. The Hall–Kier alpha value is -1.89. The summed E-state index contributed by atoms with van der Waals surface area (Å²) in [7, 11) is 0. The van der Waals surface area contributed by atoms with Gasteiger partial charge in [-0.1, -0.05) is 6.07 Å². The monoisotopic (exact) mass is 370 g/mol. The lowest BCUT2D eigenvalue weighted by molar-refractivity contribution is 0.0933. The number of carbonyl (C=O) groups is 1. The summed E-state index contributed by atoms with van der Waals surface area (Å²) in [5.74, 6) is 1.32. The first-order valence-electron chi connectivity index (χ1n) is 7.31. The van der Waals surface area contributed by atoms with Gasteiger partial charge in [-0.15, -0.1) is 24.8 Å². The lowest BCUT2D eigenvalue weighted by Crippen LogP contribution is -2.41. The van der Waals surface area contributed by atoms with Crippen LogP contribution in [0.1, 0.15) is 23.2 Å². The number of halogens is 2. The predicted molar refractivity (Wildman–Crippen MR) is 96.1 cm³/mol. The van der Waals surface area contributed by atoms with E-state index in [1.165, 1.54) is 6.20 Å². The zero-order valence-corrected chi connectivity index (χ0v) is 14.6. The fourth-order valence-corrected chi connectivity index (χ4v) is 2.28. The number of ether oxygens (including phenoxy) is 1. The molecule has 1 unspecified atom stereocenters. The smallest absolute Gasteiger partial charge is 0.251 e. The minimum atomic E-state index is -0.132. The van der Waals surface area contributed by atoms with Crippen molar-refractivity contribution in [3.63, 3.8) is 0 Å². The number of amides is 1. The molecule has 2 aromatic rings. The number of benzene rings is 1. The van der Waals surface area contributed by atoms with Gasteiger partial charge in [0.15, 0.2) is 0 Å². The maximum atomic E-state index is 12.3. The van der Waals surface area contributed by atoms with Gasteiger partial charge in [0.25, 0.3) is 5.91 Å². The Bertz CT molecular complexity index is 654. The molecule has 3 N–H and O–H groups in total. The Labute approximate surface area is 153 Å². The first-order valence-corrected chi connectivity index (χ1v) is 7.31. The topological polar surface area (TPSA) is 90.1 Å². The number of nitrogens with one attached hydrogen (secondary N) is 1. The quantitative estimate of drug-likeness (QED) is 0.815. The molecule has 1 amide bonds. The SMILES string of the molecule is Cl.Cl.NCC(NC(=O)c1cccc(Oc2cnccn2)c1)C1CC1. The highest BCUT2D eigenvalue weighted by atomic mass is 35.5. The van der Waals surface area contributed by atoms with Crippen molar-refractivity contribution in [2.75, 3.05) is 6.54 Å². The molecule has 3 rings (SSSR count). The van der Waals surface area contributed by atoms with Crippen LogP contribution in [-0.2, 0) is 0 Å². The summed E-state index contributed by atoms with van der Waals surface area (Å²) in [6.45, 7) is 0.464. The van der Waals surface area contributed by atoms with E-state index >= 15 is 0 Å². The fourth-order valence-electron chi connectivity index (χ4n) is 2.28. The Morgan fingerprint density at radius 2 is 2.12 bits per heavy atom. The van der Waals surface area contributed by atoms with Crippen molar-refractivity contribution in [2.24, 2.45) is 11.7 Å². The van der Waals surface area contributed by atoms with E-state index in [4.69, 9.17) is 10.5 Å². The number of nitrogens with two attached hydrogens (primary N) is 1. The van der Waals surface area contributed by atoms with Crippen LogP contribution in [-0.4, -0.2) is 28.5 Å². The van der Waals surface area contributed by atoms with Crippen molar-refractivity contribution in [2.45, 2.75) is 18.9 Å². The van der Waals surface area contributed by atoms with Gasteiger partial charge in [0.05, 0.1) is 6.20 Å². The molecular weight excluding hydrogens is 351 g/mol. The van der Waals surface area contributed by atoms with Crippen molar-refractivity contribution < 1.29 is 9.53 Å². The van der Waals surface area contributed by atoms with Crippen LogP contribution in [0, 0.1) is 5.92 Å². The lowest BCUT2D eigenvalue weighted by atomic mass is 10.1. The van der Waals surface area contributed by atoms with E-state index < -0.39 is 0 Å². The van der Waals surface area contributed by atoms with Crippen LogP contribution in [0.25, 0.3) is 0 Å². The third kappa shape index (κ3) is 5.33. The standard InChI is InChI=1S/C16H18N4O2.2ClH/c17-9-14(11-4-5-11)20-16(21)12-2-1-3-13(8-12)22-15-10-18-6-7-19-15;;/h1-3,6-8,10-11,14H,4-5,9,17H2,(H,20,21);2*1H. The molecule has 24 heavy (non-hydrogen) atoms. The molecule has 0 aliphatic heterocycles. The molecular formula is C16H20Cl2N4O2. The van der Waals surface area contributed by atoms with Gasteiger partial charge in [-0.2, -0.15) is 0 Å². The number of nitrogens with zero attached hydrogens (tertiary/aromatic N) is 2. The number of hydrogen-bond acceptors (Lipinski definition) is 5. The number of rotatable bonds is 6. The summed E-state index contributed by atoms with van der Waals surface area (Å²) in [5.41, 5.74) is 6.26. The van der Waals surface area contributed by atoms with Crippen LogP contribution < -0.4 is 15.8 Å². The molecule has 1 aromatic carbocycles. The van der Waals surface area contributed by atoms with E-state index in [-0.39, 0.29) is 36.8 Å². The van der Waals surface area contributed by atoms with Gasteiger partial charge in [0.1, 0.15) is 5.75 Å². The van der Waals surface area contributed by atoms with Crippen LogP contribution in [0.2, 0.25) is 0 Å². The van der Waals surface area contributed by atoms with Crippen LogP contribution in [0.15, 0.2) is 42.9 Å². The van der Waals surface area contributed by atoms with Crippen molar-refractivity contribution in [3.05, 3.63) is 48.4 Å². The highest BCUT2D eigenvalue weighted by Crippen LogP contribution is 2.32. The summed E-state index contributed by atoms with van der Waals surface area (Å²) in [5, 5.41) is 2.99. The van der Waals surface area contributed by atoms with Crippen molar-refractivity contribution in [1.82, 2.24) is 15.3 Å². The second-order valence-corrected chi connectivity index (χ2v) is 5.33. The van der Waals surface area contributed by atoms with Crippen LogP contribution in [0.5, 0.6) is 11.6 Å². The fraction of sp³-hybridized carbons (Fsp3) is 0.312. The number of hydrogen-bond donors (Lipinski definition) is 2. The molecule has 1 aliphatic carbocycles. The van der Waals surface area contributed by atoms with Crippen molar-refractivity contribution in [3.8, 4) is 11.6 Å². The predicted octanol–water partition coefficient (Wildman–Crippen LogP) is 2.58. The maximum Gasteiger partial charge on any atom is 0.251 e. The van der Waals surface area contributed by atoms with E-state index in [9.17, 15) is 4.79 Å². The molecule has 1 saturated carbocycles. The average Bonchev–Trinajstić information content (AvgIpc) is 3.38. The molecule has 0 radical (unpaired) electrons. The normalized spacial score (nSPS) is 13.9. The minimum absolute atomic E-state index is 0. The highest BCUT2D eigenvalue weighted by Gasteiger charge is 2.31. The number of aromatic nitrogens is 2. The zero-order valence-electron chi connectivity index (χ0n) is 12.9.